The van der Waals surface area contributed by atoms with Gasteiger partial charge in [-0.1, -0.05) is 18.2 Å². The van der Waals surface area contributed by atoms with E-state index in [-0.39, 0.29) is 28.1 Å². The van der Waals surface area contributed by atoms with Gasteiger partial charge in [-0.15, -0.1) is 11.8 Å². The number of carbonyl (C=O) groups is 2. The minimum absolute atomic E-state index is 0.00697. The van der Waals surface area contributed by atoms with Gasteiger partial charge in [0.05, 0.1) is 5.69 Å². The van der Waals surface area contributed by atoms with Gasteiger partial charge in [-0.3, -0.25) is 19.4 Å². The van der Waals surface area contributed by atoms with Gasteiger partial charge in [0.2, 0.25) is 5.91 Å². The van der Waals surface area contributed by atoms with Crippen LogP contribution in [-0.2, 0) is 11.2 Å². The lowest BCUT2D eigenvalue weighted by Gasteiger charge is -2.20. The van der Waals surface area contributed by atoms with Crippen molar-refractivity contribution in [3.63, 3.8) is 0 Å². The average Bonchev–Trinajstić information content (AvgIpc) is 3.18. The maximum absolute atomic E-state index is 13.4. The molecule has 1 fully saturated rings. The summed E-state index contributed by atoms with van der Waals surface area (Å²) in [5.74, 6) is -0.183. The summed E-state index contributed by atoms with van der Waals surface area (Å²) >= 11 is 1.73. The highest BCUT2D eigenvalue weighted by atomic mass is 32.2. The molecule has 0 radical (unpaired) electrons. The van der Waals surface area contributed by atoms with Crippen molar-refractivity contribution in [3.8, 4) is 5.69 Å². The quantitative estimate of drug-likeness (QED) is 0.535. The Morgan fingerprint density at radius 1 is 1.20 bits per heavy atom. The summed E-state index contributed by atoms with van der Waals surface area (Å²) in [4.78, 5) is 45.6. The number of para-hydroxylation sites is 1. The monoisotopic (exact) mass is 488 g/mol. The Labute approximate surface area is 208 Å². The number of amides is 2. The maximum Gasteiger partial charge on any atom is 0.257 e. The Morgan fingerprint density at radius 3 is 2.83 bits per heavy atom. The van der Waals surface area contributed by atoms with E-state index in [0.29, 0.717) is 38.0 Å². The molecule has 0 spiro atoms. The first-order valence-electron chi connectivity index (χ1n) is 12.0. The molecule has 2 aliphatic heterocycles. The van der Waals surface area contributed by atoms with Gasteiger partial charge in [-0.2, -0.15) is 0 Å². The van der Waals surface area contributed by atoms with Crippen molar-refractivity contribution in [3.05, 3.63) is 87.6 Å². The van der Waals surface area contributed by atoms with Gasteiger partial charge in [-0.25, -0.2) is 0 Å². The molecule has 8 heteroatoms. The molecule has 1 unspecified atom stereocenters. The number of pyridine rings is 2. The Kier molecular flexibility index (Phi) is 6.72. The molecule has 1 saturated heterocycles. The number of nitrogens with one attached hydrogen (secondary N) is 1. The number of aryl methyl sites for hydroxylation is 1. The second-order valence-corrected chi connectivity index (χ2v) is 10.2. The van der Waals surface area contributed by atoms with Crippen LogP contribution in [0.3, 0.4) is 0 Å². The minimum Gasteiger partial charge on any atom is -0.352 e. The summed E-state index contributed by atoms with van der Waals surface area (Å²) in [6.07, 6.45) is 6.28. The van der Waals surface area contributed by atoms with E-state index in [4.69, 9.17) is 0 Å². The molecule has 0 saturated carbocycles. The van der Waals surface area contributed by atoms with E-state index in [1.807, 2.05) is 48.4 Å². The van der Waals surface area contributed by atoms with E-state index in [1.165, 1.54) is 0 Å². The van der Waals surface area contributed by atoms with Crippen LogP contribution in [0.4, 0.5) is 0 Å². The van der Waals surface area contributed by atoms with Crippen LogP contribution < -0.4 is 10.7 Å². The van der Waals surface area contributed by atoms with Gasteiger partial charge in [0.15, 0.2) is 5.43 Å². The summed E-state index contributed by atoms with van der Waals surface area (Å²) in [6, 6.07) is 13.6. The third-order valence-electron chi connectivity index (χ3n) is 6.60. The fourth-order valence-corrected chi connectivity index (χ4v) is 6.19. The summed E-state index contributed by atoms with van der Waals surface area (Å²) in [5, 5.41) is 2.94. The molecule has 7 nitrogen and oxygen atoms in total. The van der Waals surface area contributed by atoms with Crippen LogP contribution >= 0.6 is 11.8 Å². The van der Waals surface area contributed by atoms with Gasteiger partial charge in [0, 0.05) is 72.5 Å². The zero-order valence-electron chi connectivity index (χ0n) is 19.7. The highest BCUT2D eigenvalue weighted by Crippen LogP contribution is 2.44. The largest absolute Gasteiger partial charge is 0.352 e. The van der Waals surface area contributed by atoms with Crippen molar-refractivity contribution in [2.75, 3.05) is 19.6 Å². The van der Waals surface area contributed by atoms with Crippen molar-refractivity contribution >= 4 is 23.6 Å². The Bertz CT molecular complexity index is 1320. The second kappa shape index (κ2) is 10.1. The lowest BCUT2D eigenvalue weighted by Crippen LogP contribution is -2.35. The average molecular weight is 489 g/mol. The van der Waals surface area contributed by atoms with E-state index in [0.717, 1.165) is 34.8 Å². The lowest BCUT2D eigenvalue weighted by atomic mass is 10.0. The van der Waals surface area contributed by atoms with E-state index < -0.39 is 0 Å². The molecule has 35 heavy (non-hydrogen) atoms. The minimum atomic E-state index is -0.360. The van der Waals surface area contributed by atoms with Gasteiger partial charge in [-0.05, 0) is 43.5 Å². The number of thioether (sulfide) groups is 1. The zero-order valence-corrected chi connectivity index (χ0v) is 20.5. The highest BCUT2D eigenvalue weighted by molar-refractivity contribution is 7.99. The summed E-state index contributed by atoms with van der Waals surface area (Å²) in [7, 11) is 0. The number of rotatable bonds is 6. The standard InChI is InChI=1S/C27H28N4O3S/c1-18-15-22(32)26(27(34)29-12-6-14-30-13-5-10-25(30)33)21-16-24(19-7-4-11-28-17-19)35-23-9-3-2-8-20(23)31(18)21/h2-4,7-9,11,15,17,24H,5-6,10,12-14,16H2,1H3,(H,29,34). The van der Waals surface area contributed by atoms with Crippen LogP contribution in [0, 0.1) is 6.92 Å². The number of hydrogen-bond acceptors (Lipinski definition) is 5. The van der Waals surface area contributed by atoms with E-state index in [1.54, 1.807) is 24.0 Å². The van der Waals surface area contributed by atoms with Crippen molar-refractivity contribution in [2.45, 2.75) is 42.8 Å². The van der Waals surface area contributed by atoms with Crippen LogP contribution in [0.2, 0.25) is 0 Å². The molecule has 2 aliphatic rings. The molecule has 4 heterocycles. The van der Waals surface area contributed by atoms with Crippen LogP contribution in [0.1, 0.15) is 51.8 Å². The summed E-state index contributed by atoms with van der Waals surface area (Å²) in [6.45, 7) is 3.72. The first-order valence-corrected chi connectivity index (χ1v) is 12.9. The molecule has 2 aromatic heterocycles. The van der Waals surface area contributed by atoms with Crippen LogP contribution in [0.25, 0.3) is 5.69 Å². The predicted octanol–water partition coefficient (Wildman–Crippen LogP) is 3.67. The Balaban J connectivity index is 1.48. The van der Waals surface area contributed by atoms with Crippen molar-refractivity contribution < 1.29 is 9.59 Å². The molecule has 0 aliphatic carbocycles. The SMILES string of the molecule is Cc1cc(=O)c(C(=O)NCCCN2CCCC2=O)c2n1-c1ccccc1SC(c1cccnc1)C2. The molecule has 5 rings (SSSR count). The van der Waals surface area contributed by atoms with E-state index >= 15 is 0 Å². The van der Waals surface area contributed by atoms with E-state index in [9.17, 15) is 14.4 Å². The van der Waals surface area contributed by atoms with Crippen molar-refractivity contribution in [1.82, 2.24) is 19.8 Å². The van der Waals surface area contributed by atoms with Crippen LogP contribution in [0.15, 0.2) is 64.5 Å². The number of fused-ring (bicyclic) bond motifs is 3. The maximum atomic E-state index is 13.4. The second-order valence-electron chi connectivity index (χ2n) is 8.97. The van der Waals surface area contributed by atoms with Gasteiger partial charge >= 0.3 is 0 Å². The number of hydrogen-bond donors (Lipinski definition) is 1. The molecule has 180 valence electrons. The molecule has 0 bridgehead atoms. The topological polar surface area (TPSA) is 84.3 Å². The molecule has 2 amide bonds. The summed E-state index contributed by atoms with van der Waals surface area (Å²) < 4.78 is 2.05. The molecule has 1 atom stereocenters. The Hall–Kier alpha value is -3.39. The number of aromatic nitrogens is 2. The number of nitrogens with zero attached hydrogens (tertiary/aromatic N) is 3. The number of benzene rings is 1. The fourth-order valence-electron chi connectivity index (χ4n) is 4.93. The van der Waals surface area contributed by atoms with Gasteiger partial charge in [0.25, 0.3) is 5.91 Å². The normalized spacial score (nSPS) is 17.0. The van der Waals surface area contributed by atoms with Crippen LogP contribution in [0.5, 0.6) is 0 Å². The van der Waals surface area contributed by atoms with Crippen LogP contribution in [-0.4, -0.2) is 45.9 Å². The van der Waals surface area contributed by atoms with E-state index in [2.05, 4.69) is 20.9 Å². The first-order chi connectivity index (χ1) is 17.0. The predicted molar refractivity (Wildman–Crippen MR) is 136 cm³/mol. The lowest BCUT2D eigenvalue weighted by molar-refractivity contribution is -0.127. The molecule has 1 aromatic carbocycles. The molecular formula is C27H28N4O3S. The third kappa shape index (κ3) is 4.75. The molecule has 3 aromatic rings. The molecule has 1 N–H and O–H groups in total. The smallest absolute Gasteiger partial charge is 0.257 e. The van der Waals surface area contributed by atoms with Crippen molar-refractivity contribution in [2.24, 2.45) is 0 Å². The zero-order chi connectivity index (χ0) is 24.4. The third-order valence-corrected chi connectivity index (χ3v) is 7.92. The van der Waals surface area contributed by atoms with Gasteiger partial charge < -0.3 is 14.8 Å². The Morgan fingerprint density at radius 2 is 2.06 bits per heavy atom. The fraction of sp³-hybridized carbons (Fsp3) is 0.333. The van der Waals surface area contributed by atoms with Gasteiger partial charge in [0.1, 0.15) is 5.56 Å². The summed E-state index contributed by atoms with van der Waals surface area (Å²) in [5.41, 5.74) is 3.46. The number of carbonyl (C=O) groups excluding carboxylic acids is 2. The first kappa shape index (κ1) is 23.4. The number of likely N-dealkylation sites (tertiary alicyclic amines) is 1. The molecular weight excluding hydrogens is 460 g/mol. The van der Waals surface area contributed by atoms with Crippen molar-refractivity contribution in [1.29, 1.82) is 0 Å². The highest BCUT2D eigenvalue weighted by Gasteiger charge is 2.29.